The Morgan fingerprint density at radius 1 is 1.24 bits per heavy atom. The summed E-state index contributed by atoms with van der Waals surface area (Å²) in [4.78, 5) is 23.8. The molecular formula is C17H23NO3. The molecule has 1 aromatic rings. The van der Waals surface area contributed by atoms with E-state index in [1.54, 1.807) is 0 Å². The van der Waals surface area contributed by atoms with E-state index in [0.717, 1.165) is 23.2 Å². The maximum atomic E-state index is 12.5. The van der Waals surface area contributed by atoms with Gasteiger partial charge in [-0.25, -0.2) is 0 Å². The van der Waals surface area contributed by atoms with Gasteiger partial charge >= 0.3 is 5.97 Å². The van der Waals surface area contributed by atoms with Crippen LogP contribution in [0, 0.1) is 31.6 Å². The highest BCUT2D eigenvalue weighted by Crippen LogP contribution is 2.39. The van der Waals surface area contributed by atoms with Gasteiger partial charge in [-0.2, -0.15) is 0 Å². The minimum atomic E-state index is -0.855. The van der Waals surface area contributed by atoms with Gasteiger partial charge in [-0.05, 0) is 44.2 Å². The lowest BCUT2D eigenvalue weighted by atomic mass is 9.95. The molecule has 0 heterocycles. The molecule has 0 spiro atoms. The van der Waals surface area contributed by atoms with Crippen LogP contribution >= 0.6 is 0 Å². The van der Waals surface area contributed by atoms with Gasteiger partial charge in [-0.3, -0.25) is 9.59 Å². The van der Waals surface area contributed by atoms with Crippen LogP contribution in [0.4, 0.5) is 5.69 Å². The fourth-order valence-corrected chi connectivity index (χ4v) is 3.22. The number of carbonyl (C=O) groups excluding carboxylic acids is 1. The highest BCUT2D eigenvalue weighted by atomic mass is 16.4. The Labute approximate surface area is 125 Å². The van der Waals surface area contributed by atoms with Crippen LogP contribution in [0.1, 0.15) is 37.3 Å². The van der Waals surface area contributed by atoms with Gasteiger partial charge in [-0.15, -0.1) is 0 Å². The van der Waals surface area contributed by atoms with Gasteiger partial charge in [0.2, 0.25) is 5.91 Å². The molecule has 4 heteroatoms. The van der Waals surface area contributed by atoms with Crippen LogP contribution in [0.5, 0.6) is 0 Å². The Balaban J connectivity index is 2.13. The molecule has 1 saturated carbocycles. The smallest absolute Gasteiger partial charge is 0.307 e. The van der Waals surface area contributed by atoms with E-state index < -0.39 is 17.8 Å². The van der Waals surface area contributed by atoms with Crippen molar-refractivity contribution in [1.82, 2.24) is 0 Å². The number of carboxylic acid groups (broad SMARTS) is 1. The minimum Gasteiger partial charge on any atom is -0.481 e. The zero-order chi connectivity index (χ0) is 15.6. The van der Waals surface area contributed by atoms with Gasteiger partial charge in [0, 0.05) is 5.69 Å². The molecule has 0 radical (unpaired) electrons. The highest BCUT2D eigenvalue weighted by molar-refractivity contribution is 5.96. The van der Waals surface area contributed by atoms with Crippen LogP contribution in [-0.2, 0) is 9.59 Å². The maximum absolute atomic E-state index is 12.5. The molecule has 0 saturated heterocycles. The van der Waals surface area contributed by atoms with Crippen molar-refractivity contribution < 1.29 is 14.7 Å². The molecule has 0 bridgehead atoms. The standard InChI is InChI=1S/C17H23NO3/c1-4-12-8-13(14(9-12)17(20)21)16(19)18-15-6-5-10(2)7-11(15)3/h5-7,12-14H,4,8-9H2,1-3H3,(H,18,19)(H,20,21). The average molecular weight is 289 g/mol. The molecule has 2 N–H and O–H groups in total. The number of anilines is 1. The van der Waals surface area contributed by atoms with Crippen molar-refractivity contribution in [2.24, 2.45) is 17.8 Å². The fourth-order valence-electron chi connectivity index (χ4n) is 3.22. The summed E-state index contributed by atoms with van der Waals surface area (Å²) >= 11 is 0. The van der Waals surface area contributed by atoms with Crippen molar-refractivity contribution in [3.05, 3.63) is 29.3 Å². The van der Waals surface area contributed by atoms with E-state index in [2.05, 4.69) is 5.32 Å². The van der Waals surface area contributed by atoms with E-state index in [-0.39, 0.29) is 5.91 Å². The molecular weight excluding hydrogens is 266 g/mol. The number of nitrogens with one attached hydrogen (secondary N) is 1. The highest BCUT2D eigenvalue weighted by Gasteiger charge is 2.42. The summed E-state index contributed by atoms with van der Waals surface area (Å²) in [6.07, 6.45) is 2.21. The van der Waals surface area contributed by atoms with Crippen LogP contribution in [0.3, 0.4) is 0 Å². The lowest BCUT2D eigenvalue weighted by Gasteiger charge is -2.16. The second-order valence-corrected chi connectivity index (χ2v) is 6.10. The predicted molar refractivity (Wildman–Crippen MR) is 82.2 cm³/mol. The molecule has 0 aliphatic heterocycles. The zero-order valence-electron chi connectivity index (χ0n) is 12.8. The van der Waals surface area contributed by atoms with E-state index in [1.807, 2.05) is 39.0 Å². The number of hydrogen-bond acceptors (Lipinski definition) is 2. The largest absolute Gasteiger partial charge is 0.481 e. The SMILES string of the molecule is CCC1CC(C(=O)O)C(C(=O)Nc2ccc(C)cc2C)C1. The minimum absolute atomic E-state index is 0.162. The second-order valence-electron chi connectivity index (χ2n) is 6.10. The van der Waals surface area contributed by atoms with Crippen molar-refractivity contribution in [3.63, 3.8) is 0 Å². The van der Waals surface area contributed by atoms with E-state index in [1.165, 1.54) is 0 Å². The predicted octanol–water partition coefficient (Wildman–Crippen LogP) is 3.38. The maximum Gasteiger partial charge on any atom is 0.307 e. The van der Waals surface area contributed by atoms with E-state index in [9.17, 15) is 14.7 Å². The number of hydrogen-bond donors (Lipinski definition) is 2. The van der Waals surface area contributed by atoms with Crippen LogP contribution in [0.2, 0.25) is 0 Å². The number of benzene rings is 1. The molecule has 1 fully saturated rings. The first kappa shape index (κ1) is 15.5. The third-order valence-electron chi connectivity index (χ3n) is 4.53. The summed E-state index contributed by atoms with van der Waals surface area (Å²) in [5.41, 5.74) is 2.91. The molecule has 1 aliphatic carbocycles. The summed E-state index contributed by atoms with van der Waals surface area (Å²) in [6, 6.07) is 5.83. The van der Waals surface area contributed by atoms with Gasteiger partial charge in [0.05, 0.1) is 11.8 Å². The topological polar surface area (TPSA) is 66.4 Å². The summed E-state index contributed by atoms with van der Waals surface area (Å²) in [7, 11) is 0. The van der Waals surface area contributed by atoms with Crippen molar-refractivity contribution >= 4 is 17.6 Å². The quantitative estimate of drug-likeness (QED) is 0.893. The Bertz CT molecular complexity index is 553. The summed E-state index contributed by atoms with van der Waals surface area (Å²) in [5, 5.41) is 12.2. The number of carboxylic acids is 1. The molecule has 1 aliphatic rings. The number of aliphatic carboxylic acids is 1. The zero-order valence-corrected chi connectivity index (χ0v) is 12.8. The average Bonchev–Trinajstić information content (AvgIpc) is 2.86. The normalized spacial score (nSPS) is 24.8. The number of rotatable bonds is 4. The Morgan fingerprint density at radius 3 is 2.48 bits per heavy atom. The van der Waals surface area contributed by atoms with Crippen molar-refractivity contribution in [2.75, 3.05) is 5.32 Å². The fraction of sp³-hybridized carbons (Fsp3) is 0.529. The van der Waals surface area contributed by atoms with E-state index in [4.69, 9.17) is 0 Å². The lowest BCUT2D eigenvalue weighted by molar-refractivity contribution is -0.145. The first-order valence-corrected chi connectivity index (χ1v) is 7.53. The van der Waals surface area contributed by atoms with Gasteiger partial charge in [-0.1, -0.05) is 31.0 Å². The van der Waals surface area contributed by atoms with Gasteiger partial charge < -0.3 is 10.4 Å². The molecule has 21 heavy (non-hydrogen) atoms. The van der Waals surface area contributed by atoms with Crippen LogP contribution in [-0.4, -0.2) is 17.0 Å². The van der Waals surface area contributed by atoms with Crippen LogP contribution in [0.25, 0.3) is 0 Å². The first-order chi connectivity index (χ1) is 9.92. The summed E-state index contributed by atoms with van der Waals surface area (Å²) in [5.74, 6) is -1.66. The molecule has 3 unspecified atom stereocenters. The molecule has 3 atom stereocenters. The Kier molecular flexibility index (Phi) is 4.66. The number of aryl methyl sites for hydroxylation is 2. The van der Waals surface area contributed by atoms with Gasteiger partial charge in [0.15, 0.2) is 0 Å². The van der Waals surface area contributed by atoms with E-state index >= 15 is 0 Å². The van der Waals surface area contributed by atoms with Crippen LogP contribution in [0.15, 0.2) is 18.2 Å². The molecule has 4 nitrogen and oxygen atoms in total. The van der Waals surface area contributed by atoms with Crippen molar-refractivity contribution in [1.29, 1.82) is 0 Å². The molecule has 2 rings (SSSR count). The summed E-state index contributed by atoms with van der Waals surface area (Å²) in [6.45, 7) is 6.00. The summed E-state index contributed by atoms with van der Waals surface area (Å²) < 4.78 is 0. The second kappa shape index (κ2) is 6.29. The monoisotopic (exact) mass is 289 g/mol. The third kappa shape index (κ3) is 3.43. The van der Waals surface area contributed by atoms with Crippen molar-refractivity contribution in [2.45, 2.75) is 40.0 Å². The molecule has 1 aromatic carbocycles. The lowest BCUT2D eigenvalue weighted by Crippen LogP contribution is -2.30. The number of amides is 1. The van der Waals surface area contributed by atoms with Crippen molar-refractivity contribution in [3.8, 4) is 0 Å². The first-order valence-electron chi connectivity index (χ1n) is 7.53. The Hall–Kier alpha value is -1.84. The molecule has 114 valence electrons. The van der Waals surface area contributed by atoms with Gasteiger partial charge in [0.25, 0.3) is 0 Å². The van der Waals surface area contributed by atoms with Crippen LogP contribution < -0.4 is 5.32 Å². The molecule has 1 amide bonds. The third-order valence-corrected chi connectivity index (χ3v) is 4.53. The van der Waals surface area contributed by atoms with Gasteiger partial charge in [0.1, 0.15) is 0 Å². The Morgan fingerprint density at radius 2 is 1.90 bits per heavy atom. The number of carbonyl (C=O) groups is 2. The molecule has 0 aromatic heterocycles. The van der Waals surface area contributed by atoms with E-state index in [0.29, 0.717) is 18.8 Å².